The van der Waals surface area contributed by atoms with E-state index in [2.05, 4.69) is 10.4 Å². The molecule has 0 aliphatic rings. The molecule has 1 heterocycles. The highest BCUT2D eigenvalue weighted by atomic mass is 35.5. The molecule has 2 aromatic carbocycles. The summed E-state index contributed by atoms with van der Waals surface area (Å²) in [6.45, 7) is 2.49. The van der Waals surface area contributed by atoms with Gasteiger partial charge < -0.3 is 10.1 Å². The standard InChI is InChI=1S/C19H18ClN3O2/c1-14-5-7-17(8-6-14)23-13-18(12-22-23)25-19(24)21-10-9-15-3-2-4-16(20)11-15/h2-8,11-13H,9-10H2,1H3,(H,21,24). The summed E-state index contributed by atoms with van der Waals surface area (Å²) in [5.41, 5.74) is 3.13. The fourth-order valence-corrected chi connectivity index (χ4v) is 2.56. The van der Waals surface area contributed by atoms with Gasteiger partial charge in [-0.1, -0.05) is 41.4 Å². The lowest BCUT2D eigenvalue weighted by atomic mass is 10.1. The lowest BCUT2D eigenvalue weighted by molar-refractivity contribution is 0.200. The summed E-state index contributed by atoms with van der Waals surface area (Å²) in [4.78, 5) is 11.9. The van der Waals surface area contributed by atoms with Gasteiger partial charge in [0.25, 0.3) is 0 Å². The van der Waals surface area contributed by atoms with Crippen LogP contribution in [-0.2, 0) is 6.42 Å². The van der Waals surface area contributed by atoms with Gasteiger partial charge in [-0.05, 0) is 43.2 Å². The number of ether oxygens (including phenoxy) is 1. The van der Waals surface area contributed by atoms with Crippen molar-refractivity contribution < 1.29 is 9.53 Å². The highest BCUT2D eigenvalue weighted by Crippen LogP contribution is 2.14. The maximum Gasteiger partial charge on any atom is 0.412 e. The summed E-state index contributed by atoms with van der Waals surface area (Å²) >= 11 is 5.93. The lowest BCUT2D eigenvalue weighted by Crippen LogP contribution is -2.28. The minimum atomic E-state index is -0.509. The van der Waals surface area contributed by atoms with Crippen molar-refractivity contribution in [3.8, 4) is 11.4 Å². The number of carbonyl (C=O) groups is 1. The molecule has 0 aliphatic heterocycles. The monoisotopic (exact) mass is 355 g/mol. The summed E-state index contributed by atoms with van der Waals surface area (Å²) in [7, 11) is 0. The minimum absolute atomic E-state index is 0.390. The Bertz CT molecular complexity index is 859. The number of nitrogens with one attached hydrogen (secondary N) is 1. The van der Waals surface area contributed by atoms with Gasteiger partial charge in [0.05, 0.1) is 18.1 Å². The van der Waals surface area contributed by atoms with E-state index in [-0.39, 0.29) is 0 Å². The van der Waals surface area contributed by atoms with Gasteiger partial charge >= 0.3 is 6.09 Å². The second kappa shape index (κ2) is 7.85. The van der Waals surface area contributed by atoms with Crippen molar-refractivity contribution in [3.63, 3.8) is 0 Å². The molecule has 1 amide bonds. The fourth-order valence-electron chi connectivity index (χ4n) is 2.34. The first-order valence-electron chi connectivity index (χ1n) is 7.92. The summed E-state index contributed by atoms with van der Waals surface area (Å²) in [6, 6.07) is 15.5. The second-order valence-electron chi connectivity index (χ2n) is 5.65. The summed E-state index contributed by atoms with van der Waals surface area (Å²) in [5.74, 6) is 0.390. The van der Waals surface area contributed by atoms with Gasteiger partial charge in [0.15, 0.2) is 5.75 Å². The number of aromatic nitrogens is 2. The Labute approximate surface area is 151 Å². The van der Waals surface area contributed by atoms with Crippen molar-refractivity contribution in [1.82, 2.24) is 15.1 Å². The van der Waals surface area contributed by atoms with Crippen molar-refractivity contribution in [2.75, 3.05) is 6.54 Å². The Morgan fingerprint density at radius 3 is 2.80 bits per heavy atom. The van der Waals surface area contributed by atoms with Crippen LogP contribution in [0.5, 0.6) is 5.75 Å². The molecule has 3 aromatic rings. The van der Waals surface area contributed by atoms with E-state index in [9.17, 15) is 4.79 Å². The first-order valence-corrected chi connectivity index (χ1v) is 8.30. The average molecular weight is 356 g/mol. The molecule has 0 unspecified atom stereocenters. The van der Waals surface area contributed by atoms with Crippen LogP contribution in [0.4, 0.5) is 4.79 Å². The predicted octanol–water partition coefficient (Wildman–Crippen LogP) is 4.17. The number of amides is 1. The van der Waals surface area contributed by atoms with Crippen molar-refractivity contribution >= 4 is 17.7 Å². The van der Waals surface area contributed by atoms with Crippen LogP contribution in [0.1, 0.15) is 11.1 Å². The molecular formula is C19H18ClN3O2. The van der Waals surface area contributed by atoms with Gasteiger partial charge in [0, 0.05) is 11.6 Å². The molecule has 0 saturated carbocycles. The van der Waals surface area contributed by atoms with Crippen LogP contribution in [0, 0.1) is 6.92 Å². The van der Waals surface area contributed by atoms with Crippen LogP contribution in [0.15, 0.2) is 60.9 Å². The largest absolute Gasteiger partial charge is 0.412 e. The molecule has 1 aromatic heterocycles. The van der Waals surface area contributed by atoms with Crippen LogP contribution < -0.4 is 10.1 Å². The Morgan fingerprint density at radius 1 is 1.24 bits per heavy atom. The van der Waals surface area contributed by atoms with Crippen molar-refractivity contribution in [2.24, 2.45) is 0 Å². The number of nitrogens with zero attached hydrogens (tertiary/aromatic N) is 2. The SMILES string of the molecule is Cc1ccc(-n2cc(OC(=O)NCCc3cccc(Cl)c3)cn2)cc1. The minimum Gasteiger partial charge on any atom is -0.407 e. The second-order valence-corrected chi connectivity index (χ2v) is 6.09. The molecule has 25 heavy (non-hydrogen) atoms. The third-order valence-corrected chi connectivity index (χ3v) is 3.88. The zero-order chi connectivity index (χ0) is 17.6. The van der Waals surface area contributed by atoms with Gasteiger partial charge in [-0.3, -0.25) is 0 Å². The lowest BCUT2D eigenvalue weighted by Gasteiger charge is -2.05. The number of hydrogen-bond acceptors (Lipinski definition) is 3. The quantitative estimate of drug-likeness (QED) is 0.747. The predicted molar refractivity (Wildman–Crippen MR) is 97.5 cm³/mol. The molecule has 128 valence electrons. The van der Waals surface area contributed by atoms with Crippen molar-refractivity contribution in [3.05, 3.63) is 77.1 Å². The number of halogens is 1. The molecule has 0 fully saturated rings. The summed E-state index contributed by atoms with van der Waals surface area (Å²) in [5, 5.41) is 7.60. The molecule has 0 saturated heterocycles. The Balaban J connectivity index is 1.50. The third kappa shape index (κ3) is 4.84. The van der Waals surface area contributed by atoms with E-state index < -0.39 is 6.09 Å². The molecule has 0 radical (unpaired) electrons. The Hall–Kier alpha value is -2.79. The van der Waals surface area contributed by atoms with E-state index in [1.54, 1.807) is 10.9 Å². The van der Waals surface area contributed by atoms with Crippen molar-refractivity contribution in [1.29, 1.82) is 0 Å². The molecule has 6 heteroatoms. The summed E-state index contributed by atoms with van der Waals surface area (Å²) in [6.07, 6.45) is 3.35. The zero-order valence-electron chi connectivity index (χ0n) is 13.8. The number of aryl methyl sites for hydroxylation is 1. The molecular weight excluding hydrogens is 338 g/mol. The topological polar surface area (TPSA) is 56.1 Å². The highest BCUT2D eigenvalue weighted by molar-refractivity contribution is 6.30. The third-order valence-electron chi connectivity index (χ3n) is 3.64. The van der Waals surface area contributed by atoms with E-state index in [0.717, 1.165) is 11.3 Å². The van der Waals surface area contributed by atoms with Gasteiger partial charge in [0.2, 0.25) is 0 Å². The van der Waals surface area contributed by atoms with E-state index in [4.69, 9.17) is 16.3 Å². The molecule has 0 spiro atoms. The first kappa shape index (κ1) is 17.0. The zero-order valence-corrected chi connectivity index (χ0v) is 14.5. The smallest absolute Gasteiger partial charge is 0.407 e. The van der Waals surface area contributed by atoms with E-state index >= 15 is 0 Å². The average Bonchev–Trinajstić information content (AvgIpc) is 3.04. The number of carbonyl (C=O) groups excluding carboxylic acids is 1. The van der Waals surface area contributed by atoms with Crippen LogP contribution in [0.25, 0.3) is 5.69 Å². The molecule has 0 atom stereocenters. The van der Waals surface area contributed by atoms with Crippen LogP contribution in [0.3, 0.4) is 0 Å². The fraction of sp³-hybridized carbons (Fsp3) is 0.158. The van der Waals surface area contributed by atoms with Gasteiger partial charge in [0.1, 0.15) is 0 Å². The Kier molecular flexibility index (Phi) is 5.36. The van der Waals surface area contributed by atoms with Crippen molar-refractivity contribution in [2.45, 2.75) is 13.3 Å². The summed E-state index contributed by atoms with van der Waals surface area (Å²) < 4.78 is 6.90. The molecule has 0 bridgehead atoms. The van der Waals surface area contributed by atoms with Crippen LogP contribution >= 0.6 is 11.6 Å². The molecule has 5 nitrogen and oxygen atoms in total. The van der Waals surface area contributed by atoms with Crippen LogP contribution in [0.2, 0.25) is 5.02 Å². The normalized spacial score (nSPS) is 10.5. The molecule has 3 rings (SSSR count). The molecule has 1 N–H and O–H groups in total. The maximum atomic E-state index is 11.9. The van der Waals surface area contributed by atoms with Gasteiger partial charge in [-0.15, -0.1) is 0 Å². The van der Waals surface area contributed by atoms with E-state index in [1.807, 2.05) is 55.5 Å². The number of rotatable bonds is 5. The number of hydrogen-bond donors (Lipinski definition) is 1. The Morgan fingerprint density at radius 2 is 2.04 bits per heavy atom. The van der Waals surface area contributed by atoms with E-state index in [0.29, 0.717) is 23.7 Å². The van der Waals surface area contributed by atoms with Gasteiger partial charge in [-0.25, -0.2) is 9.48 Å². The van der Waals surface area contributed by atoms with Gasteiger partial charge in [-0.2, -0.15) is 5.10 Å². The molecule has 0 aliphatic carbocycles. The first-order chi connectivity index (χ1) is 12.1. The maximum absolute atomic E-state index is 11.9. The highest BCUT2D eigenvalue weighted by Gasteiger charge is 2.07. The van der Waals surface area contributed by atoms with E-state index in [1.165, 1.54) is 11.8 Å². The number of benzene rings is 2. The van der Waals surface area contributed by atoms with Crippen LogP contribution in [-0.4, -0.2) is 22.4 Å².